The lowest BCUT2D eigenvalue weighted by atomic mass is 10.1. The van der Waals surface area contributed by atoms with Gasteiger partial charge in [-0.2, -0.15) is 5.26 Å². The van der Waals surface area contributed by atoms with E-state index in [9.17, 15) is 4.79 Å². The molecule has 0 atom stereocenters. The lowest BCUT2D eigenvalue weighted by molar-refractivity contribution is -0.125. The Bertz CT molecular complexity index is 613. The summed E-state index contributed by atoms with van der Waals surface area (Å²) in [6, 6.07) is 7.06. The first-order valence-corrected chi connectivity index (χ1v) is 6.47. The standard InChI is InChI=1S/C15H16N4O.H2/c16-9-12-4-3-11(8-14(12)18)7-13(10-17)15(20)19-5-1-2-6-19;/h3-4,7-9,16H,1-2,5-6,18H2;1H/b13-7+,16-9?;. The van der Waals surface area contributed by atoms with Crippen LogP contribution in [-0.4, -0.2) is 30.1 Å². The van der Waals surface area contributed by atoms with Gasteiger partial charge in [0.25, 0.3) is 5.91 Å². The quantitative estimate of drug-likeness (QED) is 0.381. The molecule has 0 radical (unpaired) electrons. The second-order valence-corrected chi connectivity index (χ2v) is 4.70. The number of nitrogens with zero attached hydrogens (tertiary/aromatic N) is 2. The number of carbonyl (C=O) groups is 1. The summed E-state index contributed by atoms with van der Waals surface area (Å²) >= 11 is 0. The number of rotatable bonds is 3. The van der Waals surface area contributed by atoms with Crippen LogP contribution in [0.1, 0.15) is 25.4 Å². The van der Waals surface area contributed by atoms with E-state index in [4.69, 9.17) is 16.4 Å². The van der Waals surface area contributed by atoms with Crippen LogP contribution in [0.3, 0.4) is 0 Å². The first-order valence-electron chi connectivity index (χ1n) is 6.47. The fourth-order valence-corrected chi connectivity index (χ4v) is 2.21. The third-order valence-electron chi connectivity index (χ3n) is 3.32. The number of nitriles is 1. The summed E-state index contributed by atoms with van der Waals surface area (Å²) in [5.74, 6) is -0.222. The Kier molecular flexibility index (Phi) is 4.16. The second kappa shape index (κ2) is 6.02. The van der Waals surface area contributed by atoms with Gasteiger partial charge >= 0.3 is 0 Å². The van der Waals surface area contributed by atoms with E-state index in [2.05, 4.69) is 0 Å². The molecule has 1 aromatic rings. The van der Waals surface area contributed by atoms with Crippen molar-refractivity contribution >= 4 is 23.9 Å². The molecule has 0 unspecified atom stereocenters. The van der Waals surface area contributed by atoms with E-state index in [1.807, 2.05) is 6.07 Å². The van der Waals surface area contributed by atoms with E-state index in [0.29, 0.717) is 29.9 Å². The molecule has 20 heavy (non-hydrogen) atoms. The van der Waals surface area contributed by atoms with E-state index < -0.39 is 0 Å². The van der Waals surface area contributed by atoms with Gasteiger partial charge in [-0.05, 0) is 30.5 Å². The van der Waals surface area contributed by atoms with Crippen molar-refractivity contribution in [2.75, 3.05) is 18.8 Å². The molecular weight excluding hydrogens is 252 g/mol. The van der Waals surface area contributed by atoms with E-state index in [1.54, 1.807) is 29.2 Å². The van der Waals surface area contributed by atoms with Crippen LogP contribution in [0, 0.1) is 16.7 Å². The maximum Gasteiger partial charge on any atom is 0.264 e. The molecule has 5 heteroatoms. The van der Waals surface area contributed by atoms with Gasteiger partial charge in [-0.25, -0.2) is 0 Å². The van der Waals surface area contributed by atoms with Crippen LogP contribution in [0.25, 0.3) is 6.08 Å². The topological polar surface area (TPSA) is 94.0 Å². The van der Waals surface area contributed by atoms with Crippen LogP contribution in [0.15, 0.2) is 23.8 Å². The number of nitrogens with one attached hydrogen (secondary N) is 1. The molecular formula is C15H18N4O. The van der Waals surface area contributed by atoms with Crippen LogP contribution in [0.5, 0.6) is 0 Å². The number of amides is 1. The Labute approximate surface area is 119 Å². The average Bonchev–Trinajstić information content (AvgIpc) is 2.98. The van der Waals surface area contributed by atoms with Crippen molar-refractivity contribution < 1.29 is 6.22 Å². The molecule has 1 aliphatic heterocycles. The molecule has 0 spiro atoms. The molecule has 0 aromatic heterocycles. The van der Waals surface area contributed by atoms with Crippen molar-refractivity contribution in [3.63, 3.8) is 0 Å². The summed E-state index contributed by atoms with van der Waals surface area (Å²) in [6.45, 7) is 1.43. The minimum atomic E-state index is -0.222. The highest BCUT2D eigenvalue weighted by Gasteiger charge is 2.21. The van der Waals surface area contributed by atoms with E-state index >= 15 is 0 Å². The maximum atomic E-state index is 12.2. The van der Waals surface area contributed by atoms with Crippen LogP contribution in [-0.2, 0) is 4.79 Å². The molecule has 0 bridgehead atoms. The van der Waals surface area contributed by atoms with Crippen LogP contribution in [0.2, 0.25) is 0 Å². The Morgan fingerprint density at radius 1 is 1.45 bits per heavy atom. The third kappa shape index (κ3) is 2.86. The Hall–Kier alpha value is -2.61. The van der Waals surface area contributed by atoms with Gasteiger partial charge < -0.3 is 16.0 Å². The van der Waals surface area contributed by atoms with Crippen molar-refractivity contribution in [2.24, 2.45) is 0 Å². The molecule has 0 saturated carbocycles. The number of nitrogen functional groups attached to an aromatic ring is 1. The Morgan fingerprint density at radius 2 is 2.15 bits per heavy atom. The number of hydrogen-bond donors (Lipinski definition) is 2. The highest BCUT2D eigenvalue weighted by molar-refractivity contribution is 6.02. The molecule has 1 saturated heterocycles. The zero-order chi connectivity index (χ0) is 14.5. The molecule has 0 aliphatic carbocycles. The molecule has 1 fully saturated rings. The van der Waals surface area contributed by atoms with Gasteiger partial charge in [0, 0.05) is 32.0 Å². The molecule has 1 amide bonds. The average molecular weight is 270 g/mol. The van der Waals surface area contributed by atoms with Gasteiger partial charge in [0.1, 0.15) is 11.6 Å². The fraction of sp³-hybridized carbons (Fsp3) is 0.267. The van der Waals surface area contributed by atoms with Crippen LogP contribution < -0.4 is 5.73 Å². The minimum absolute atomic E-state index is 0. The first-order chi connectivity index (χ1) is 9.65. The normalized spacial score (nSPS) is 14.9. The Morgan fingerprint density at radius 3 is 2.70 bits per heavy atom. The van der Waals surface area contributed by atoms with Gasteiger partial charge in [-0.1, -0.05) is 12.1 Å². The molecule has 1 heterocycles. The van der Waals surface area contributed by atoms with Gasteiger partial charge in [0.15, 0.2) is 0 Å². The SMILES string of the molecule is N#C/C(=C\c1ccc(C=N)c(N)c1)C(=O)N1CCCC1.[HH]. The van der Waals surface area contributed by atoms with Crippen molar-refractivity contribution in [1.82, 2.24) is 4.90 Å². The van der Waals surface area contributed by atoms with Crippen molar-refractivity contribution in [1.29, 1.82) is 10.7 Å². The smallest absolute Gasteiger partial charge is 0.264 e. The largest absolute Gasteiger partial charge is 0.398 e. The van der Waals surface area contributed by atoms with Gasteiger partial charge in [0.2, 0.25) is 0 Å². The zero-order valence-electron chi connectivity index (χ0n) is 11.1. The zero-order valence-corrected chi connectivity index (χ0v) is 11.1. The highest BCUT2D eigenvalue weighted by Crippen LogP contribution is 2.17. The maximum absolute atomic E-state index is 12.2. The van der Waals surface area contributed by atoms with Crippen molar-refractivity contribution in [2.45, 2.75) is 12.8 Å². The van der Waals surface area contributed by atoms with Gasteiger partial charge in [-0.3, -0.25) is 4.79 Å². The molecule has 5 nitrogen and oxygen atoms in total. The lowest BCUT2D eigenvalue weighted by Crippen LogP contribution is -2.28. The van der Waals surface area contributed by atoms with Gasteiger partial charge in [-0.15, -0.1) is 0 Å². The van der Waals surface area contributed by atoms with Crippen molar-refractivity contribution in [3.05, 3.63) is 34.9 Å². The molecule has 1 aromatic carbocycles. The predicted octanol–water partition coefficient (Wildman–Crippen LogP) is 2.04. The van der Waals surface area contributed by atoms with E-state index in [-0.39, 0.29) is 12.9 Å². The first kappa shape index (κ1) is 13.8. The molecule has 104 valence electrons. The van der Waals surface area contributed by atoms with Gasteiger partial charge in [0.05, 0.1) is 0 Å². The molecule has 3 N–H and O–H groups in total. The van der Waals surface area contributed by atoms with E-state index in [1.165, 1.54) is 6.21 Å². The minimum Gasteiger partial charge on any atom is -0.398 e. The summed E-state index contributed by atoms with van der Waals surface area (Å²) in [4.78, 5) is 13.9. The lowest BCUT2D eigenvalue weighted by Gasteiger charge is -2.14. The predicted molar refractivity (Wildman–Crippen MR) is 80.3 cm³/mol. The number of benzene rings is 1. The number of nitrogens with two attached hydrogens (primary N) is 1. The highest BCUT2D eigenvalue weighted by atomic mass is 16.2. The number of hydrogen-bond acceptors (Lipinski definition) is 4. The van der Waals surface area contributed by atoms with Crippen LogP contribution in [0.4, 0.5) is 5.69 Å². The summed E-state index contributed by atoms with van der Waals surface area (Å²) in [5, 5.41) is 16.3. The number of anilines is 1. The Balaban J connectivity index is 0.00000220. The van der Waals surface area contributed by atoms with Crippen LogP contribution >= 0.6 is 0 Å². The number of likely N-dealkylation sites (tertiary alicyclic amines) is 1. The van der Waals surface area contributed by atoms with Crippen molar-refractivity contribution in [3.8, 4) is 6.07 Å². The summed E-state index contributed by atoms with van der Waals surface area (Å²) in [7, 11) is 0. The number of carbonyl (C=O) groups excluding carboxylic acids is 1. The summed E-state index contributed by atoms with van der Waals surface area (Å²) in [5.41, 5.74) is 7.67. The third-order valence-corrected chi connectivity index (χ3v) is 3.32. The monoisotopic (exact) mass is 270 g/mol. The fourth-order valence-electron chi connectivity index (χ4n) is 2.21. The van der Waals surface area contributed by atoms with E-state index in [0.717, 1.165) is 12.8 Å². The molecule has 1 aliphatic rings. The summed E-state index contributed by atoms with van der Waals surface area (Å²) < 4.78 is 0. The summed E-state index contributed by atoms with van der Waals surface area (Å²) in [6.07, 6.45) is 4.70. The second-order valence-electron chi connectivity index (χ2n) is 4.70. The molecule has 2 rings (SSSR count).